The first-order chi connectivity index (χ1) is 9.42. The van der Waals surface area contributed by atoms with Crippen molar-refractivity contribution in [3.8, 4) is 0 Å². The first kappa shape index (κ1) is 15.4. The van der Waals surface area contributed by atoms with Crippen LogP contribution in [0.15, 0.2) is 0 Å². The Labute approximate surface area is 120 Å². The summed E-state index contributed by atoms with van der Waals surface area (Å²) in [5, 5.41) is 0. The lowest BCUT2D eigenvalue weighted by Gasteiger charge is -2.37. The molecule has 1 nitrogen and oxygen atoms in total. The molecule has 0 aromatic carbocycles. The number of hydrogen-bond acceptors (Lipinski definition) is 1. The average Bonchev–Trinajstić information content (AvgIpc) is 2.52. The molecule has 0 bridgehead atoms. The fraction of sp³-hybridized carbons (Fsp3) is 1.00. The second kappa shape index (κ2) is 9.00. The van der Waals surface area contributed by atoms with Crippen molar-refractivity contribution in [2.24, 2.45) is 23.5 Å². The molecule has 0 radical (unpaired) electrons. The van der Waals surface area contributed by atoms with E-state index in [1.54, 1.807) is 0 Å². The van der Waals surface area contributed by atoms with Gasteiger partial charge in [0.1, 0.15) is 0 Å². The van der Waals surface area contributed by atoms with Crippen LogP contribution in [0.4, 0.5) is 0 Å². The molecule has 112 valence electrons. The predicted octanol–water partition coefficient (Wildman–Crippen LogP) is 5.28. The van der Waals surface area contributed by atoms with E-state index in [1.165, 1.54) is 89.9 Å². The van der Waals surface area contributed by atoms with E-state index < -0.39 is 0 Å². The Morgan fingerprint density at radius 1 is 0.579 bits per heavy atom. The Balaban J connectivity index is 1.88. The van der Waals surface area contributed by atoms with Crippen LogP contribution >= 0.6 is 0 Å². The van der Waals surface area contributed by atoms with Crippen molar-refractivity contribution in [3.63, 3.8) is 0 Å². The van der Waals surface area contributed by atoms with E-state index in [0.717, 1.165) is 24.3 Å². The van der Waals surface area contributed by atoms with Crippen LogP contribution in [0.3, 0.4) is 0 Å². The molecular formula is C18H35N. The summed E-state index contributed by atoms with van der Waals surface area (Å²) in [6.07, 6.45) is 20.7. The molecule has 1 heteroatoms. The van der Waals surface area contributed by atoms with E-state index in [0.29, 0.717) is 0 Å². The average molecular weight is 265 g/mol. The molecule has 2 rings (SSSR count). The van der Waals surface area contributed by atoms with Gasteiger partial charge in [-0.2, -0.15) is 0 Å². The summed E-state index contributed by atoms with van der Waals surface area (Å²) >= 11 is 0. The summed E-state index contributed by atoms with van der Waals surface area (Å²) in [7, 11) is 0. The van der Waals surface area contributed by atoms with Crippen LogP contribution < -0.4 is 5.73 Å². The summed E-state index contributed by atoms with van der Waals surface area (Å²) in [6, 6.07) is 0. The molecular weight excluding hydrogens is 230 g/mol. The number of hydrogen-bond donors (Lipinski definition) is 1. The van der Waals surface area contributed by atoms with Crippen LogP contribution in [-0.4, -0.2) is 6.54 Å². The fourth-order valence-electron chi connectivity index (χ4n) is 4.60. The van der Waals surface area contributed by atoms with E-state index >= 15 is 0 Å². The van der Waals surface area contributed by atoms with E-state index in [4.69, 9.17) is 5.73 Å². The van der Waals surface area contributed by atoms with Crippen molar-refractivity contribution in [2.75, 3.05) is 6.54 Å². The van der Waals surface area contributed by atoms with Gasteiger partial charge in [0.25, 0.3) is 0 Å². The van der Waals surface area contributed by atoms with Gasteiger partial charge in [0.2, 0.25) is 0 Å². The van der Waals surface area contributed by atoms with E-state index in [-0.39, 0.29) is 0 Å². The molecule has 2 unspecified atom stereocenters. The van der Waals surface area contributed by atoms with Crippen LogP contribution in [0.2, 0.25) is 0 Å². The van der Waals surface area contributed by atoms with Gasteiger partial charge in [-0.1, -0.05) is 77.0 Å². The highest BCUT2D eigenvalue weighted by atomic mass is 14.6. The van der Waals surface area contributed by atoms with Gasteiger partial charge in [-0.25, -0.2) is 0 Å². The minimum absolute atomic E-state index is 0.851. The van der Waals surface area contributed by atoms with Crippen molar-refractivity contribution >= 4 is 0 Å². The molecule has 2 atom stereocenters. The molecule has 0 heterocycles. The summed E-state index contributed by atoms with van der Waals surface area (Å²) in [5.41, 5.74) is 6.05. The van der Waals surface area contributed by atoms with Crippen LogP contribution in [-0.2, 0) is 0 Å². The molecule has 0 saturated heterocycles. The zero-order chi connectivity index (χ0) is 13.3. The van der Waals surface area contributed by atoms with Gasteiger partial charge in [-0.3, -0.25) is 0 Å². The van der Waals surface area contributed by atoms with Crippen LogP contribution in [0.25, 0.3) is 0 Å². The minimum atomic E-state index is 0.851. The number of rotatable bonds is 2. The Morgan fingerprint density at radius 2 is 1.05 bits per heavy atom. The smallest absolute Gasteiger partial charge is 0.00461 e. The van der Waals surface area contributed by atoms with E-state index in [1.807, 2.05) is 0 Å². The zero-order valence-corrected chi connectivity index (χ0v) is 12.9. The lowest BCUT2D eigenvalue weighted by molar-refractivity contribution is 0.146. The molecule has 2 fully saturated rings. The maximum Gasteiger partial charge on any atom is -0.00461 e. The molecule has 0 aromatic rings. The summed E-state index contributed by atoms with van der Waals surface area (Å²) in [6.45, 7) is 0.946. The van der Waals surface area contributed by atoms with Crippen molar-refractivity contribution in [1.82, 2.24) is 0 Å². The van der Waals surface area contributed by atoms with Crippen molar-refractivity contribution in [3.05, 3.63) is 0 Å². The van der Waals surface area contributed by atoms with E-state index in [2.05, 4.69) is 0 Å². The van der Waals surface area contributed by atoms with Gasteiger partial charge in [0.05, 0.1) is 0 Å². The molecule has 2 saturated carbocycles. The second-order valence-corrected chi connectivity index (χ2v) is 7.11. The van der Waals surface area contributed by atoms with Crippen LogP contribution in [0.1, 0.15) is 89.9 Å². The van der Waals surface area contributed by atoms with Crippen molar-refractivity contribution in [2.45, 2.75) is 89.9 Å². The maximum atomic E-state index is 6.05. The fourth-order valence-corrected chi connectivity index (χ4v) is 4.60. The Bertz CT molecular complexity index is 214. The zero-order valence-electron chi connectivity index (χ0n) is 12.9. The normalized spacial score (nSPS) is 32.7. The monoisotopic (exact) mass is 265 g/mol. The van der Waals surface area contributed by atoms with E-state index in [9.17, 15) is 0 Å². The standard InChI is InChI=1S/C18H35N/c19-15-17-13-9-10-14-18(17)16-11-7-5-3-1-2-4-6-8-12-16/h16-18H,1-15,19H2. The Kier molecular flexibility index (Phi) is 7.27. The minimum Gasteiger partial charge on any atom is -0.330 e. The SMILES string of the molecule is NCC1CCCCC1C1CCCCCCCCCC1. The van der Waals surface area contributed by atoms with Crippen molar-refractivity contribution < 1.29 is 0 Å². The number of nitrogens with two attached hydrogens (primary N) is 1. The Hall–Kier alpha value is -0.0400. The van der Waals surface area contributed by atoms with Gasteiger partial charge in [-0.05, 0) is 37.1 Å². The largest absolute Gasteiger partial charge is 0.330 e. The van der Waals surface area contributed by atoms with Gasteiger partial charge in [-0.15, -0.1) is 0 Å². The summed E-state index contributed by atoms with van der Waals surface area (Å²) < 4.78 is 0. The Morgan fingerprint density at radius 3 is 1.63 bits per heavy atom. The third kappa shape index (κ3) is 5.10. The highest BCUT2D eigenvalue weighted by molar-refractivity contribution is 4.82. The molecule has 2 N–H and O–H groups in total. The van der Waals surface area contributed by atoms with Gasteiger partial charge in [0, 0.05) is 0 Å². The van der Waals surface area contributed by atoms with Crippen LogP contribution in [0.5, 0.6) is 0 Å². The molecule has 0 amide bonds. The first-order valence-electron chi connectivity index (χ1n) is 9.12. The third-order valence-corrected chi connectivity index (χ3v) is 5.78. The lowest BCUT2D eigenvalue weighted by Crippen LogP contribution is -2.32. The molecule has 0 aromatic heterocycles. The highest BCUT2D eigenvalue weighted by Gasteiger charge is 2.30. The first-order valence-corrected chi connectivity index (χ1v) is 9.12. The quantitative estimate of drug-likeness (QED) is 0.722. The van der Waals surface area contributed by atoms with Gasteiger partial charge in [0.15, 0.2) is 0 Å². The highest BCUT2D eigenvalue weighted by Crippen LogP contribution is 2.39. The van der Waals surface area contributed by atoms with Crippen LogP contribution in [0, 0.1) is 17.8 Å². The molecule has 2 aliphatic carbocycles. The van der Waals surface area contributed by atoms with Crippen molar-refractivity contribution in [1.29, 1.82) is 0 Å². The molecule has 19 heavy (non-hydrogen) atoms. The van der Waals surface area contributed by atoms with Gasteiger partial charge >= 0.3 is 0 Å². The summed E-state index contributed by atoms with van der Waals surface area (Å²) in [5.74, 6) is 2.83. The molecule has 0 spiro atoms. The molecule has 0 aliphatic heterocycles. The molecule has 2 aliphatic rings. The second-order valence-electron chi connectivity index (χ2n) is 7.11. The predicted molar refractivity (Wildman–Crippen MR) is 84.2 cm³/mol. The lowest BCUT2D eigenvalue weighted by atomic mass is 9.69. The summed E-state index contributed by atoms with van der Waals surface area (Å²) in [4.78, 5) is 0. The maximum absolute atomic E-state index is 6.05. The third-order valence-electron chi connectivity index (χ3n) is 5.78. The topological polar surface area (TPSA) is 26.0 Å². The van der Waals surface area contributed by atoms with Gasteiger partial charge < -0.3 is 5.73 Å².